The van der Waals surface area contributed by atoms with E-state index in [2.05, 4.69) is 17.0 Å². The number of fused-ring (bicyclic) bond motifs is 1. The van der Waals surface area contributed by atoms with Crippen molar-refractivity contribution in [3.8, 4) is 5.69 Å². The van der Waals surface area contributed by atoms with Crippen molar-refractivity contribution in [2.75, 3.05) is 6.61 Å². The van der Waals surface area contributed by atoms with Gasteiger partial charge in [0.1, 0.15) is 6.73 Å². The summed E-state index contributed by atoms with van der Waals surface area (Å²) in [4.78, 5) is 15.7. The first-order valence-electron chi connectivity index (χ1n) is 6.85. The summed E-state index contributed by atoms with van der Waals surface area (Å²) in [7, 11) is 0. The van der Waals surface area contributed by atoms with Gasteiger partial charge in [0.15, 0.2) is 6.29 Å². The van der Waals surface area contributed by atoms with Gasteiger partial charge in [-0.15, -0.1) is 0 Å². The summed E-state index contributed by atoms with van der Waals surface area (Å²) >= 11 is 0. The molecule has 0 saturated heterocycles. The highest BCUT2D eigenvalue weighted by Gasteiger charge is 2.10. The third-order valence-corrected chi connectivity index (χ3v) is 3.23. The van der Waals surface area contributed by atoms with Crippen LogP contribution in [0.4, 0.5) is 0 Å². The average Bonchev–Trinajstić information content (AvgIpc) is 3.15. The van der Waals surface area contributed by atoms with Crippen molar-refractivity contribution in [2.24, 2.45) is 0 Å². The zero-order valence-electron chi connectivity index (χ0n) is 11.8. The van der Waals surface area contributed by atoms with Gasteiger partial charge in [-0.05, 0) is 24.6 Å². The van der Waals surface area contributed by atoms with E-state index in [-0.39, 0.29) is 0 Å². The van der Waals surface area contributed by atoms with Crippen molar-refractivity contribution in [2.45, 2.75) is 20.1 Å². The quantitative estimate of drug-likeness (QED) is 0.515. The minimum atomic E-state index is 0.434. The zero-order chi connectivity index (χ0) is 14.7. The molecule has 6 nitrogen and oxygen atoms in total. The average molecular weight is 284 g/mol. The standard InChI is InChI=1S/C15H16N4O2/c1-2-6-21-11-18-10-16-13-8-14(19-5-3-4-17-19)12(9-20)7-15(13)18/h3-5,7-10H,2,6,11H2,1H3. The number of benzene rings is 1. The van der Waals surface area contributed by atoms with Gasteiger partial charge in [-0.2, -0.15) is 5.10 Å². The Labute approximate surface area is 122 Å². The van der Waals surface area contributed by atoms with Gasteiger partial charge in [-0.25, -0.2) is 9.67 Å². The summed E-state index contributed by atoms with van der Waals surface area (Å²) in [6.07, 6.45) is 7.00. The number of aromatic nitrogens is 4. The number of carbonyl (C=O) groups is 1. The molecule has 0 radical (unpaired) electrons. The molecule has 0 aliphatic rings. The van der Waals surface area contributed by atoms with E-state index in [4.69, 9.17) is 4.74 Å². The van der Waals surface area contributed by atoms with E-state index in [1.165, 1.54) is 0 Å². The number of rotatable bonds is 6. The van der Waals surface area contributed by atoms with Crippen molar-refractivity contribution < 1.29 is 9.53 Å². The third kappa shape index (κ3) is 2.57. The minimum Gasteiger partial charge on any atom is -0.361 e. The smallest absolute Gasteiger partial charge is 0.152 e. The van der Waals surface area contributed by atoms with Gasteiger partial charge in [-0.1, -0.05) is 6.92 Å². The van der Waals surface area contributed by atoms with E-state index in [9.17, 15) is 4.79 Å². The van der Waals surface area contributed by atoms with Crippen LogP contribution in [0.5, 0.6) is 0 Å². The Morgan fingerprint density at radius 3 is 3.00 bits per heavy atom. The highest BCUT2D eigenvalue weighted by molar-refractivity contribution is 5.90. The molecule has 2 aromatic heterocycles. The molecule has 0 atom stereocenters. The topological polar surface area (TPSA) is 61.9 Å². The Morgan fingerprint density at radius 1 is 1.38 bits per heavy atom. The molecule has 0 saturated carbocycles. The van der Waals surface area contributed by atoms with E-state index in [1.54, 1.807) is 23.4 Å². The van der Waals surface area contributed by atoms with Gasteiger partial charge in [0, 0.05) is 24.6 Å². The second kappa shape index (κ2) is 5.88. The van der Waals surface area contributed by atoms with Crippen molar-refractivity contribution in [3.63, 3.8) is 0 Å². The van der Waals surface area contributed by atoms with E-state index < -0.39 is 0 Å². The van der Waals surface area contributed by atoms with Crippen LogP contribution in [0, 0.1) is 0 Å². The fourth-order valence-electron chi connectivity index (χ4n) is 2.22. The van der Waals surface area contributed by atoms with Crippen LogP contribution in [-0.2, 0) is 11.5 Å². The van der Waals surface area contributed by atoms with E-state index in [0.29, 0.717) is 18.9 Å². The van der Waals surface area contributed by atoms with Crippen LogP contribution in [-0.4, -0.2) is 32.2 Å². The second-order valence-corrected chi connectivity index (χ2v) is 4.72. The lowest BCUT2D eigenvalue weighted by Gasteiger charge is -2.08. The number of carbonyl (C=O) groups excluding carboxylic acids is 1. The molecular weight excluding hydrogens is 268 g/mol. The van der Waals surface area contributed by atoms with E-state index in [0.717, 1.165) is 29.4 Å². The van der Waals surface area contributed by atoms with E-state index >= 15 is 0 Å². The normalized spacial score (nSPS) is 11.1. The van der Waals surface area contributed by atoms with Crippen LogP contribution in [0.25, 0.3) is 16.7 Å². The molecule has 0 aliphatic heterocycles. The van der Waals surface area contributed by atoms with Gasteiger partial charge in [0.05, 0.1) is 23.0 Å². The van der Waals surface area contributed by atoms with Gasteiger partial charge in [-0.3, -0.25) is 4.79 Å². The number of ether oxygens (including phenoxy) is 1. The lowest BCUT2D eigenvalue weighted by molar-refractivity contribution is 0.0800. The number of hydrogen-bond acceptors (Lipinski definition) is 4. The molecule has 0 unspecified atom stereocenters. The molecule has 0 amide bonds. The van der Waals surface area contributed by atoms with Gasteiger partial charge < -0.3 is 9.30 Å². The Balaban J connectivity index is 2.03. The fourth-order valence-corrected chi connectivity index (χ4v) is 2.22. The molecule has 0 aliphatic carbocycles. The first-order valence-corrected chi connectivity index (χ1v) is 6.85. The van der Waals surface area contributed by atoms with Crippen LogP contribution >= 0.6 is 0 Å². The molecule has 108 valence electrons. The lowest BCUT2D eigenvalue weighted by atomic mass is 10.1. The zero-order valence-corrected chi connectivity index (χ0v) is 11.8. The fraction of sp³-hybridized carbons (Fsp3) is 0.267. The molecule has 0 N–H and O–H groups in total. The number of nitrogens with zero attached hydrogens (tertiary/aromatic N) is 4. The Morgan fingerprint density at radius 2 is 2.29 bits per heavy atom. The van der Waals surface area contributed by atoms with Crippen LogP contribution in [0.15, 0.2) is 36.9 Å². The number of aldehydes is 1. The predicted octanol–water partition coefficient (Wildman–Crippen LogP) is 2.42. The Kier molecular flexibility index (Phi) is 3.79. The van der Waals surface area contributed by atoms with Crippen LogP contribution < -0.4 is 0 Å². The van der Waals surface area contributed by atoms with Crippen molar-refractivity contribution in [1.29, 1.82) is 0 Å². The van der Waals surface area contributed by atoms with Crippen molar-refractivity contribution in [3.05, 3.63) is 42.5 Å². The predicted molar refractivity (Wildman–Crippen MR) is 78.5 cm³/mol. The molecule has 0 spiro atoms. The van der Waals surface area contributed by atoms with Crippen LogP contribution in [0.1, 0.15) is 23.7 Å². The summed E-state index contributed by atoms with van der Waals surface area (Å²) in [5, 5.41) is 4.17. The third-order valence-electron chi connectivity index (χ3n) is 3.23. The van der Waals surface area contributed by atoms with Crippen molar-refractivity contribution in [1.82, 2.24) is 19.3 Å². The summed E-state index contributed by atoms with van der Waals surface area (Å²) in [6.45, 7) is 3.20. The molecule has 1 aromatic carbocycles. The van der Waals surface area contributed by atoms with Gasteiger partial charge in [0.25, 0.3) is 0 Å². The number of imidazole rings is 1. The molecule has 6 heteroatoms. The molecule has 0 bridgehead atoms. The Hall–Kier alpha value is -2.47. The van der Waals surface area contributed by atoms with Gasteiger partial charge in [0.2, 0.25) is 0 Å². The lowest BCUT2D eigenvalue weighted by Crippen LogP contribution is -2.03. The maximum Gasteiger partial charge on any atom is 0.152 e. The summed E-state index contributed by atoms with van der Waals surface area (Å²) in [5.41, 5.74) is 2.99. The molecule has 21 heavy (non-hydrogen) atoms. The molecule has 3 aromatic rings. The first-order chi connectivity index (χ1) is 10.3. The van der Waals surface area contributed by atoms with Crippen LogP contribution in [0.2, 0.25) is 0 Å². The number of hydrogen-bond donors (Lipinski definition) is 0. The van der Waals surface area contributed by atoms with Gasteiger partial charge >= 0.3 is 0 Å². The maximum absolute atomic E-state index is 11.4. The minimum absolute atomic E-state index is 0.434. The molecule has 0 fully saturated rings. The highest BCUT2D eigenvalue weighted by atomic mass is 16.5. The highest BCUT2D eigenvalue weighted by Crippen LogP contribution is 2.21. The largest absolute Gasteiger partial charge is 0.361 e. The molecule has 3 rings (SSSR count). The monoisotopic (exact) mass is 284 g/mol. The summed E-state index contributed by atoms with van der Waals surface area (Å²) in [5.74, 6) is 0. The first kappa shape index (κ1) is 13.5. The summed E-state index contributed by atoms with van der Waals surface area (Å²) in [6, 6.07) is 5.50. The molecular formula is C15H16N4O2. The van der Waals surface area contributed by atoms with Crippen molar-refractivity contribution >= 4 is 17.3 Å². The Bertz CT molecular complexity index is 746. The molecule has 2 heterocycles. The SMILES string of the molecule is CCCOCn1cnc2cc(-n3cccn3)c(C=O)cc21. The summed E-state index contributed by atoms with van der Waals surface area (Å²) < 4.78 is 9.08. The second-order valence-electron chi connectivity index (χ2n) is 4.72. The van der Waals surface area contributed by atoms with Crippen LogP contribution in [0.3, 0.4) is 0 Å². The van der Waals surface area contributed by atoms with E-state index in [1.807, 2.05) is 22.8 Å². The maximum atomic E-state index is 11.4.